The predicted octanol–water partition coefficient (Wildman–Crippen LogP) is 1.31. The van der Waals surface area contributed by atoms with Crippen LogP contribution in [-0.4, -0.2) is 53.1 Å². The number of amides is 1. The Morgan fingerprint density at radius 2 is 2.07 bits per heavy atom. The van der Waals surface area contributed by atoms with Gasteiger partial charge in [0.05, 0.1) is 31.4 Å². The number of rotatable bonds is 3. The van der Waals surface area contributed by atoms with Gasteiger partial charge in [0.15, 0.2) is 0 Å². The van der Waals surface area contributed by atoms with Gasteiger partial charge in [-0.15, -0.1) is 0 Å². The van der Waals surface area contributed by atoms with Crippen molar-refractivity contribution >= 4 is 11.9 Å². The Bertz CT molecular complexity index is 988. The Labute approximate surface area is 167 Å². The molecule has 2 aromatic heterocycles. The number of esters is 1. The maximum atomic E-state index is 13.3. The van der Waals surface area contributed by atoms with Crippen molar-refractivity contribution in [3.05, 3.63) is 51.1 Å². The molecule has 4 rings (SSSR count). The van der Waals surface area contributed by atoms with Crippen molar-refractivity contribution < 1.29 is 23.5 Å². The lowest BCUT2D eigenvalue weighted by molar-refractivity contribution is -0.146. The third kappa shape index (κ3) is 3.57. The molecule has 0 bridgehead atoms. The summed E-state index contributed by atoms with van der Waals surface area (Å²) in [6, 6.07) is 0.904. The van der Waals surface area contributed by atoms with Gasteiger partial charge in [0.25, 0.3) is 5.91 Å². The Balaban J connectivity index is 1.67. The van der Waals surface area contributed by atoms with Crippen molar-refractivity contribution in [2.45, 2.75) is 44.7 Å². The van der Waals surface area contributed by atoms with Crippen LogP contribution in [0.1, 0.15) is 51.8 Å². The van der Waals surface area contributed by atoms with E-state index in [9.17, 15) is 14.4 Å². The van der Waals surface area contributed by atoms with Gasteiger partial charge in [0, 0.05) is 25.6 Å². The van der Waals surface area contributed by atoms with Gasteiger partial charge in [-0.05, 0) is 31.4 Å². The molecule has 0 aromatic carbocycles. The Kier molecular flexibility index (Phi) is 5.23. The highest BCUT2D eigenvalue weighted by molar-refractivity contribution is 5.97. The zero-order valence-corrected chi connectivity index (χ0v) is 16.4. The zero-order valence-electron chi connectivity index (χ0n) is 16.4. The minimum atomic E-state index is -0.850. The molecular formula is C20H23N3O6. The Morgan fingerprint density at radius 1 is 1.31 bits per heavy atom. The Morgan fingerprint density at radius 3 is 2.76 bits per heavy atom. The van der Waals surface area contributed by atoms with Crippen LogP contribution in [0.15, 0.2) is 21.6 Å². The number of aromatic nitrogens is 2. The van der Waals surface area contributed by atoms with Gasteiger partial charge in [-0.1, -0.05) is 0 Å². The molecule has 1 amide bonds. The molecule has 4 heterocycles. The van der Waals surface area contributed by atoms with E-state index < -0.39 is 23.5 Å². The maximum Gasteiger partial charge on any atom is 0.349 e. The maximum absolute atomic E-state index is 13.3. The van der Waals surface area contributed by atoms with Crippen LogP contribution in [0.2, 0.25) is 0 Å². The second-order valence-corrected chi connectivity index (χ2v) is 7.38. The average Bonchev–Trinajstić information content (AvgIpc) is 3.19. The highest BCUT2D eigenvalue weighted by Gasteiger charge is 2.38. The number of fused-ring (bicyclic) bond motifs is 1. The number of H-pyrrole nitrogens is 1. The van der Waals surface area contributed by atoms with Crippen LogP contribution in [0.5, 0.6) is 0 Å². The lowest BCUT2D eigenvalue weighted by Crippen LogP contribution is -2.50. The van der Waals surface area contributed by atoms with Gasteiger partial charge in [-0.25, -0.2) is 14.6 Å². The standard InChI is InChI=1S/C20H23N3O6/c1-11-7-16(12-3-5-28-6-4-12)29-20(26)17(11)18(24)23-9-14-13(21-10-22-14)8-15(23)19(25)27-2/h7,10,12,15H,3-6,8-9H2,1-2H3,(H,21,22). The number of nitrogens with zero attached hydrogens (tertiary/aromatic N) is 2. The molecule has 0 radical (unpaired) electrons. The number of carbonyl (C=O) groups is 2. The van der Waals surface area contributed by atoms with Crippen LogP contribution < -0.4 is 5.63 Å². The van der Waals surface area contributed by atoms with Gasteiger partial charge >= 0.3 is 11.6 Å². The molecule has 0 aliphatic carbocycles. The summed E-state index contributed by atoms with van der Waals surface area (Å²) in [7, 11) is 1.27. The number of hydrogen-bond acceptors (Lipinski definition) is 7. The van der Waals surface area contributed by atoms with E-state index in [-0.39, 0.29) is 24.4 Å². The number of aromatic amines is 1. The molecule has 0 spiro atoms. The van der Waals surface area contributed by atoms with Crippen LogP contribution in [0, 0.1) is 6.92 Å². The normalized spacial score (nSPS) is 19.7. The molecule has 0 saturated carbocycles. The molecule has 1 atom stereocenters. The van der Waals surface area contributed by atoms with E-state index in [2.05, 4.69) is 9.97 Å². The molecule has 2 aliphatic heterocycles. The highest BCUT2D eigenvalue weighted by Crippen LogP contribution is 2.28. The number of carbonyl (C=O) groups excluding carboxylic acids is 2. The second-order valence-electron chi connectivity index (χ2n) is 7.38. The van der Waals surface area contributed by atoms with E-state index in [1.54, 1.807) is 13.0 Å². The summed E-state index contributed by atoms with van der Waals surface area (Å²) in [6.45, 7) is 3.09. The molecule has 9 heteroatoms. The van der Waals surface area contributed by atoms with E-state index in [0.717, 1.165) is 18.5 Å². The largest absolute Gasteiger partial charge is 0.467 e. The van der Waals surface area contributed by atoms with E-state index in [1.807, 2.05) is 0 Å². The first-order valence-corrected chi connectivity index (χ1v) is 9.62. The molecule has 9 nitrogen and oxygen atoms in total. The summed E-state index contributed by atoms with van der Waals surface area (Å²) in [5.74, 6) is -0.422. The van der Waals surface area contributed by atoms with Crippen molar-refractivity contribution in [2.24, 2.45) is 0 Å². The average molecular weight is 401 g/mol. The number of ether oxygens (including phenoxy) is 2. The van der Waals surface area contributed by atoms with Gasteiger partial charge in [0.1, 0.15) is 17.4 Å². The van der Waals surface area contributed by atoms with Crippen LogP contribution in [0.3, 0.4) is 0 Å². The van der Waals surface area contributed by atoms with Crippen LogP contribution in [0.25, 0.3) is 0 Å². The van der Waals surface area contributed by atoms with Crippen molar-refractivity contribution in [2.75, 3.05) is 20.3 Å². The predicted molar refractivity (Wildman–Crippen MR) is 100 cm³/mol. The molecule has 2 aliphatic rings. The molecule has 1 N–H and O–H groups in total. The van der Waals surface area contributed by atoms with Crippen molar-refractivity contribution in [1.82, 2.24) is 14.9 Å². The van der Waals surface area contributed by atoms with Gasteiger partial charge in [-0.3, -0.25) is 4.79 Å². The molecule has 1 saturated heterocycles. The second kappa shape index (κ2) is 7.82. The van der Waals surface area contributed by atoms with Crippen LogP contribution >= 0.6 is 0 Å². The smallest absolute Gasteiger partial charge is 0.349 e. The van der Waals surface area contributed by atoms with E-state index in [0.29, 0.717) is 30.2 Å². The number of methoxy groups -OCH3 is 1. The van der Waals surface area contributed by atoms with E-state index in [4.69, 9.17) is 13.9 Å². The summed E-state index contributed by atoms with van der Waals surface area (Å²) >= 11 is 0. The third-order valence-electron chi connectivity index (χ3n) is 5.64. The van der Waals surface area contributed by atoms with Gasteiger partial charge in [-0.2, -0.15) is 0 Å². The first kappa shape index (κ1) is 19.4. The highest BCUT2D eigenvalue weighted by atomic mass is 16.5. The fraction of sp³-hybridized carbons (Fsp3) is 0.500. The fourth-order valence-electron chi connectivity index (χ4n) is 4.01. The monoisotopic (exact) mass is 401 g/mol. The summed E-state index contributed by atoms with van der Waals surface area (Å²) in [6.07, 6.45) is 3.29. The molecular weight excluding hydrogens is 378 g/mol. The molecule has 29 heavy (non-hydrogen) atoms. The topological polar surface area (TPSA) is 115 Å². The molecule has 154 valence electrons. The van der Waals surface area contributed by atoms with Crippen molar-refractivity contribution in [1.29, 1.82) is 0 Å². The van der Waals surface area contributed by atoms with E-state index in [1.165, 1.54) is 18.3 Å². The third-order valence-corrected chi connectivity index (χ3v) is 5.64. The minimum Gasteiger partial charge on any atom is -0.467 e. The lowest BCUT2D eigenvalue weighted by atomic mass is 9.95. The quantitative estimate of drug-likeness (QED) is 0.771. The first-order valence-electron chi connectivity index (χ1n) is 9.62. The summed E-state index contributed by atoms with van der Waals surface area (Å²) in [5, 5.41) is 0. The lowest BCUT2D eigenvalue weighted by Gasteiger charge is -2.33. The number of nitrogens with one attached hydrogen (secondary N) is 1. The summed E-state index contributed by atoms with van der Waals surface area (Å²) in [4.78, 5) is 46.9. The Hall–Kier alpha value is -2.94. The van der Waals surface area contributed by atoms with E-state index >= 15 is 0 Å². The number of imidazole rings is 1. The van der Waals surface area contributed by atoms with Crippen LogP contribution in [0.4, 0.5) is 0 Å². The van der Waals surface area contributed by atoms with Crippen molar-refractivity contribution in [3.8, 4) is 0 Å². The number of hydrogen-bond donors (Lipinski definition) is 1. The SMILES string of the molecule is COC(=O)C1Cc2nc[nH]c2CN1C(=O)c1c(C)cc(C2CCOCC2)oc1=O. The fourth-order valence-corrected chi connectivity index (χ4v) is 4.01. The summed E-state index contributed by atoms with van der Waals surface area (Å²) in [5.41, 5.74) is 1.24. The molecule has 1 fully saturated rings. The molecule has 2 aromatic rings. The summed E-state index contributed by atoms with van der Waals surface area (Å²) < 4.78 is 15.8. The number of aryl methyl sites for hydroxylation is 1. The minimum absolute atomic E-state index is 0.0577. The van der Waals surface area contributed by atoms with Crippen molar-refractivity contribution in [3.63, 3.8) is 0 Å². The zero-order chi connectivity index (χ0) is 20.5. The van der Waals surface area contributed by atoms with Gasteiger partial charge in [0.2, 0.25) is 0 Å². The van der Waals surface area contributed by atoms with Gasteiger partial charge < -0.3 is 23.8 Å². The molecule has 1 unspecified atom stereocenters. The first-order chi connectivity index (χ1) is 14.0. The van der Waals surface area contributed by atoms with Crippen LogP contribution in [-0.2, 0) is 27.2 Å².